The second-order valence-electron chi connectivity index (χ2n) is 3.96. The third kappa shape index (κ3) is 3.82. The molecule has 6 nitrogen and oxygen atoms in total. The van der Waals surface area contributed by atoms with Gasteiger partial charge in [-0.1, -0.05) is 30.3 Å². The zero-order chi connectivity index (χ0) is 13.5. The van der Waals surface area contributed by atoms with Gasteiger partial charge in [0.1, 0.15) is 0 Å². The molecule has 1 heterocycles. The Kier molecular flexibility index (Phi) is 4.52. The molecule has 0 aliphatic rings. The van der Waals surface area contributed by atoms with Crippen molar-refractivity contribution >= 4 is 11.7 Å². The predicted octanol–water partition coefficient (Wildman–Crippen LogP) is 1.92. The first kappa shape index (κ1) is 13.1. The van der Waals surface area contributed by atoms with E-state index < -0.39 is 0 Å². The van der Waals surface area contributed by atoms with Crippen LogP contribution >= 0.6 is 0 Å². The first-order valence-corrected chi connectivity index (χ1v) is 5.91. The van der Waals surface area contributed by atoms with Crippen molar-refractivity contribution in [2.75, 3.05) is 19.0 Å². The van der Waals surface area contributed by atoms with Gasteiger partial charge in [-0.2, -0.15) is 5.10 Å². The van der Waals surface area contributed by atoms with Crippen molar-refractivity contribution in [2.24, 2.45) is 0 Å². The second kappa shape index (κ2) is 6.55. The highest BCUT2D eigenvalue weighted by Crippen LogP contribution is 2.14. The number of nitrogens with zero attached hydrogens (tertiary/aromatic N) is 1. The summed E-state index contributed by atoms with van der Waals surface area (Å²) in [7, 11) is 1.62. The average Bonchev–Trinajstić information content (AvgIpc) is 2.93. The van der Waals surface area contributed by atoms with Crippen LogP contribution in [-0.4, -0.2) is 29.9 Å². The van der Waals surface area contributed by atoms with E-state index in [0.29, 0.717) is 12.2 Å². The number of methoxy groups -OCH3 is 1. The Balaban J connectivity index is 1.85. The Morgan fingerprint density at radius 1 is 1.42 bits per heavy atom. The summed E-state index contributed by atoms with van der Waals surface area (Å²) in [6, 6.07) is 9.45. The van der Waals surface area contributed by atoms with Crippen molar-refractivity contribution in [3.05, 3.63) is 48.3 Å². The van der Waals surface area contributed by atoms with E-state index in [4.69, 9.17) is 4.74 Å². The number of aromatic nitrogens is 2. The molecule has 0 spiro atoms. The van der Waals surface area contributed by atoms with Crippen molar-refractivity contribution in [1.29, 1.82) is 0 Å². The molecule has 0 saturated carbocycles. The highest BCUT2D eigenvalue weighted by Gasteiger charge is 2.11. The number of rotatable bonds is 5. The van der Waals surface area contributed by atoms with Crippen LogP contribution in [0.1, 0.15) is 11.7 Å². The van der Waals surface area contributed by atoms with Crippen LogP contribution in [0.4, 0.5) is 10.5 Å². The molecule has 2 rings (SSSR count). The van der Waals surface area contributed by atoms with Crippen LogP contribution < -0.4 is 10.6 Å². The Labute approximate surface area is 111 Å². The third-order valence-electron chi connectivity index (χ3n) is 2.66. The minimum Gasteiger partial charge on any atom is -0.375 e. The van der Waals surface area contributed by atoms with E-state index in [0.717, 1.165) is 5.56 Å². The van der Waals surface area contributed by atoms with Gasteiger partial charge in [-0.3, -0.25) is 5.10 Å². The van der Waals surface area contributed by atoms with Gasteiger partial charge in [-0.15, -0.1) is 0 Å². The summed E-state index contributed by atoms with van der Waals surface area (Å²) in [5, 5.41) is 11.8. The predicted molar refractivity (Wildman–Crippen MR) is 71.8 cm³/mol. The van der Waals surface area contributed by atoms with Crippen LogP contribution in [0.5, 0.6) is 0 Å². The van der Waals surface area contributed by atoms with Gasteiger partial charge < -0.3 is 15.4 Å². The lowest BCUT2D eigenvalue weighted by molar-refractivity contribution is 0.104. The maximum absolute atomic E-state index is 11.6. The van der Waals surface area contributed by atoms with E-state index in [2.05, 4.69) is 20.8 Å². The number of carbonyl (C=O) groups is 1. The van der Waals surface area contributed by atoms with Gasteiger partial charge in [0.25, 0.3) is 0 Å². The van der Waals surface area contributed by atoms with Crippen molar-refractivity contribution in [2.45, 2.75) is 6.10 Å². The summed E-state index contributed by atoms with van der Waals surface area (Å²) in [5.41, 5.74) is 1.64. The zero-order valence-corrected chi connectivity index (χ0v) is 10.6. The van der Waals surface area contributed by atoms with Gasteiger partial charge in [0, 0.05) is 19.9 Å². The molecule has 0 aliphatic heterocycles. The normalized spacial score (nSPS) is 11.8. The number of benzene rings is 1. The SMILES string of the molecule is COC(CNC(=O)Nc1cn[nH]c1)c1ccccc1. The molecule has 6 heteroatoms. The molecular weight excluding hydrogens is 244 g/mol. The number of urea groups is 1. The molecule has 0 bridgehead atoms. The Morgan fingerprint density at radius 3 is 2.84 bits per heavy atom. The number of hydrogen-bond donors (Lipinski definition) is 3. The third-order valence-corrected chi connectivity index (χ3v) is 2.66. The maximum atomic E-state index is 11.6. The maximum Gasteiger partial charge on any atom is 0.319 e. The van der Waals surface area contributed by atoms with Crippen LogP contribution in [-0.2, 0) is 4.74 Å². The molecule has 0 saturated heterocycles. The molecule has 1 aromatic carbocycles. The lowest BCUT2D eigenvalue weighted by Crippen LogP contribution is -2.32. The Morgan fingerprint density at radius 2 is 2.21 bits per heavy atom. The van der Waals surface area contributed by atoms with Crippen LogP contribution in [0.15, 0.2) is 42.7 Å². The van der Waals surface area contributed by atoms with Crippen LogP contribution in [0.3, 0.4) is 0 Å². The molecule has 0 radical (unpaired) electrons. The first-order valence-electron chi connectivity index (χ1n) is 5.91. The summed E-state index contributed by atoms with van der Waals surface area (Å²) in [6.07, 6.45) is 2.96. The van der Waals surface area contributed by atoms with Crippen molar-refractivity contribution in [3.8, 4) is 0 Å². The zero-order valence-electron chi connectivity index (χ0n) is 10.6. The monoisotopic (exact) mass is 260 g/mol. The molecule has 2 aromatic rings. The van der Waals surface area contributed by atoms with E-state index in [-0.39, 0.29) is 12.1 Å². The standard InChI is InChI=1S/C13H16N4O2/c1-19-12(10-5-3-2-4-6-10)9-14-13(18)17-11-7-15-16-8-11/h2-8,12H,9H2,1H3,(H,15,16)(H2,14,17,18). The van der Waals surface area contributed by atoms with Gasteiger partial charge in [-0.05, 0) is 5.56 Å². The quantitative estimate of drug-likeness (QED) is 0.768. The van der Waals surface area contributed by atoms with E-state index in [1.165, 1.54) is 6.20 Å². The minimum atomic E-state index is -0.292. The fourth-order valence-electron chi connectivity index (χ4n) is 1.68. The fraction of sp³-hybridized carbons (Fsp3) is 0.231. The number of nitrogens with one attached hydrogen (secondary N) is 3. The van der Waals surface area contributed by atoms with E-state index in [9.17, 15) is 4.79 Å². The molecule has 1 atom stereocenters. The van der Waals surface area contributed by atoms with Crippen LogP contribution in [0, 0.1) is 0 Å². The van der Waals surface area contributed by atoms with Gasteiger partial charge in [0.15, 0.2) is 0 Å². The summed E-state index contributed by atoms with van der Waals surface area (Å²) in [4.78, 5) is 11.6. The number of amides is 2. The molecule has 19 heavy (non-hydrogen) atoms. The number of carbonyl (C=O) groups excluding carboxylic acids is 1. The summed E-state index contributed by atoms with van der Waals surface area (Å²) >= 11 is 0. The largest absolute Gasteiger partial charge is 0.375 e. The summed E-state index contributed by atoms with van der Waals surface area (Å²) in [5.74, 6) is 0. The summed E-state index contributed by atoms with van der Waals surface area (Å²) in [6.45, 7) is 0.393. The number of anilines is 1. The Bertz CT molecular complexity index is 499. The van der Waals surface area contributed by atoms with Crippen molar-refractivity contribution in [3.63, 3.8) is 0 Å². The average molecular weight is 260 g/mol. The molecule has 1 aromatic heterocycles. The van der Waals surface area contributed by atoms with Crippen LogP contribution in [0.2, 0.25) is 0 Å². The molecule has 0 fully saturated rings. The van der Waals surface area contributed by atoms with E-state index >= 15 is 0 Å². The molecule has 3 N–H and O–H groups in total. The van der Waals surface area contributed by atoms with Crippen molar-refractivity contribution < 1.29 is 9.53 Å². The van der Waals surface area contributed by atoms with Crippen LogP contribution in [0.25, 0.3) is 0 Å². The minimum absolute atomic E-state index is 0.170. The van der Waals surface area contributed by atoms with E-state index in [1.807, 2.05) is 30.3 Å². The Hall–Kier alpha value is -2.34. The van der Waals surface area contributed by atoms with Gasteiger partial charge in [0.05, 0.1) is 18.0 Å². The molecule has 100 valence electrons. The molecule has 0 aliphatic carbocycles. The number of aromatic amines is 1. The lowest BCUT2D eigenvalue weighted by Gasteiger charge is -2.16. The summed E-state index contributed by atoms with van der Waals surface area (Å²) < 4.78 is 5.36. The first-order chi connectivity index (χ1) is 9.29. The van der Waals surface area contributed by atoms with Gasteiger partial charge in [0.2, 0.25) is 0 Å². The molecular formula is C13H16N4O2. The van der Waals surface area contributed by atoms with Gasteiger partial charge >= 0.3 is 6.03 Å². The highest BCUT2D eigenvalue weighted by atomic mass is 16.5. The number of H-pyrrole nitrogens is 1. The highest BCUT2D eigenvalue weighted by molar-refractivity contribution is 5.88. The number of ether oxygens (including phenoxy) is 1. The molecule has 1 unspecified atom stereocenters. The fourth-order valence-corrected chi connectivity index (χ4v) is 1.68. The number of hydrogen-bond acceptors (Lipinski definition) is 3. The topological polar surface area (TPSA) is 79.0 Å². The second-order valence-corrected chi connectivity index (χ2v) is 3.96. The van der Waals surface area contributed by atoms with Gasteiger partial charge in [-0.25, -0.2) is 4.79 Å². The van der Waals surface area contributed by atoms with E-state index in [1.54, 1.807) is 13.3 Å². The smallest absolute Gasteiger partial charge is 0.319 e. The van der Waals surface area contributed by atoms with Crippen molar-refractivity contribution in [1.82, 2.24) is 15.5 Å². The molecule has 2 amide bonds. The lowest BCUT2D eigenvalue weighted by atomic mass is 10.1.